The van der Waals surface area contributed by atoms with Crippen LogP contribution in [0.25, 0.3) is 0 Å². The fourth-order valence-corrected chi connectivity index (χ4v) is 2.45. The van der Waals surface area contributed by atoms with Gasteiger partial charge in [-0.05, 0) is 25.1 Å². The molecular weight excluding hydrogens is 351 g/mol. The van der Waals surface area contributed by atoms with Crippen LogP contribution in [0.1, 0.15) is 17.2 Å². The van der Waals surface area contributed by atoms with E-state index in [0.717, 1.165) is 6.07 Å². The number of rotatable bonds is 4. The molecule has 26 heavy (non-hydrogen) atoms. The highest BCUT2D eigenvalue weighted by atomic mass is 19.4. The van der Waals surface area contributed by atoms with E-state index in [2.05, 4.69) is 15.3 Å². The summed E-state index contributed by atoms with van der Waals surface area (Å²) in [5, 5.41) is 2.60. The molecule has 1 aliphatic rings. The average molecular weight is 367 g/mol. The molecule has 0 bridgehead atoms. The molecule has 0 fully saturated rings. The van der Waals surface area contributed by atoms with Gasteiger partial charge in [-0.25, -0.2) is 9.97 Å². The molecule has 1 aliphatic heterocycles. The number of para-hydroxylation sites is 2. The van der Waals surface area contributed by atoms with Gasteiger partial charge in [0, 0.05) is 18.7 Å². The van der Waals surface area contributed by atoms with Crippen molar-refractivity contribution in [2.45, 2.75) is 25.6 Å². The number of ether oxygens (including phenoxy) is 2. The van der Waals surface area contributed by atoms with Crippen LogP contribution in [-0.2, 0) is 17.4 Å². The molecule has 1 aromatic heterocycles. The number of nitrogens with zero attached hydrogens (tertiary/aromatic N) is 2. The molecule has 1 amide bonds. The number of aryl methyl sites for hydroxylation is 1. The van der Waals surface area contributed by atoms with E-state index in [1.54, 1.807) is 24.3 Å². The van der Waals surface area contributed by atoms with Gasteiger partial charge in [0.15, 0.2) is 11.5 Å². The number of alkyl halides is 3. The largest absolute Gasteiger partial charge is 0.485 e. The van der Waals surface area contributed by atoms with Crippen molar-refractivity contribution in [2.75, 3.05) is 13.2 Å². The van der Waals surface area contributed by atoms with Crippen LogP contribution in [0.4, 0.5) is 13.2 Å². The van der Waals surface area contributed by atoms with E-state index in [9.17, 15) is 18.0 Å². The Morgan fingerprint density at radius 2 is 2.00 bits per heavy atom. The summed E-state index contributed by atoms with van der Waals surface area (Å²) >= 11 is 0. The molecule has 0 saturated heterocycles. The zero-order valence-electron chi connectivity index (χ0n) is 13.8. The van der Waals surface area contributed by atoms with Gasteiger partial charge >= 0.3 is 6.18 Å². The maximum atomic E-state index is 12.8. The van der Waals surface area contributed by atoms with Crippen LogP contribution in [0.15, 0.2) is 30.3 Å². The molecular formula is C17H16F3N3O3. The fourth-order valence-electron chi connectivity index (χ4n) is 2.45. The van der Waals surface area contributed by atoms with E-state index >= 15 is 0 Å². The van der Waals surface area contributed by atoms with Gasteiger partial charge in [0.2, 0.25) is 6.10 Å². The van der Waals surface area contributed by atoms with E-state index in [4.69, 9.17) is 9.47 Å². The zero-order valence-corrected chi connectivity index (χ0v) is 13.8. The lowest BCUT2D eigenvalue weighted by molar-refractivity contribution is -0.141. The highest BCUT2D eigenvalue weighted by Gasteiger charge is 2.33. The third kappa shape index (κ3) is 4.22. The van der Waals surface area contributed by atoms with Crippen LogP contribution in [0, 0.1) is 6.92 Å². The first-order valence-corrected chi connectivity index (χ1v) is 7.91. The molecule has 138 valence electrons. The number of benzene rings is 1. The number of halogens is 3. The number of aromatic nitrogens is 2. The van der Waals surface area contributed by atoms with Gasteiger partial charge in [-0.3, -0.25) is 4.79 Å². The average Bonchev–Trinajstić information content (AvgIpc) is 2.60. The number of nitrogens with one attached hydrogen (secondary N) is 1. The minimum Gasteiger partial charge on any atom is -0.485 e. The number of hydrogen-bond acceptors (Lipinski definition) is 5. The van der Waals surface area contributed by atoms with Crippen molar-refractivity contribution in [3.8, 4) is 11.5 Å². The summed E-state index contributed by atoms with van der Waals surface area (Å²) in [6, 6.07) is 7.85. The van der Waals surface area contributed by atoms with Crippen LogP contribution < -0.4 is 14.8 Å². The van der Waals surface area contributed by atoms with E-state index in [1.807, 2.05) is 0 Å². The number of fused-ring (bicyclic) bond motifs is 1. The summed E-state index contributed by atoms with van der Waals surface area (Å²) in [5.74, 6) is 0.632. The second-order valence-corrected chi connectivity index (χ2v) is 5.71. The fraction of sp³-hybridized carbons (Fsp3) is 0.353. The van der Waals surface area contributed by atoms with Gasteiger partial charge in [-0.2, -0.15) is 13.2 Å². The standard InChI is InChI=1S/C17H16F3N3O3/c1-10-8-14(17(18,19)20)23-15(22-10)6-7-21-16(24)13-9-25-11-4-2-3-5-12(11)26-13/h2-5,8,13H,6-7,9H2,1H3,(H,21,24). The molecule has 9 heteroatoms. The van der Waals surface area contributed by atoms with Crippen molar-refractivity contribution >= 4 is 5.91 Å². The Hall–Kier alpha value is -2.84. The molecule has 2 heterocycles. The third-order valence-corrected chi connectivity index (χ3v) is 3.64. The minimum atomic E-state index is -4.54. The lowest BCUT2D eigenvalue weighted by Gasteiger charge is -2.25. The number of carbonyl (C=O) groups is 1. The van der Waals surface area contributed by atoms with E-state index in [-0.39, 0.29) is 31.1 Å². The molecule has 1 atom stereocenters. The van der Waals surface area contributed by atoms with E-state index in [0.29, 0.717) is 11.5 Å². The van der Waals surface area contributed by atoms with Gasteiger partial charge in [0.25, 0.3) is 5.91 Å². The van der Waals surface area contributed by atoms with Crippen LogP contribution >= 0.6 is 0 Å². The molecule has 3 rings (SSSR count). The van der Waals surface area contributed by atoms with E-state index in [1.165, 1.54) is 6.92 Å². The van der Waals surface area contributed by atoms with Crippen LogP contribution in [0.3, 0.4) is 0 Å². The van der Waals surface area contributed by atoms with E-state index < -0.39 is 23.9 Å². The van der Waals surface area contributed by atoms with Gasteiger partial charge in [0.05, 0.1) is 0 Å². The zero-order chi connectivity index (χ0) is 18.7. The second-order valence-electron chi connectivity index (χ2n) is 5.71. The number of hydrogen-bond donors (Lipinski definition) is 1. The third-order valence-electron chi connectivity index (χ3n) is 3.64. The maximum absolute atomic E-state index is 12.8. The maximum Gasteiger partial charge on any atom is 0.433 e. The van der Waals surface area contributed by atoms with Crippen molar-refractivity contribution in [3.63, 3.8) is 0 Å². The lowest BCUT2D eigenvalue weighted by atomic mass is 10.2. The predicted molar refractivity (Wildman–Crippen MR) is 84.8 cm³/mol. The molecule has 0 spiro atoms. The normalized spacial score (nSPS) is 16.2. The molecule has 1 N–H and O–H groups in total. The van der Waals surface area contributed by atoms with Gasteiger partial charge in [0.1, 0.15) is 18.1 Å². The summed E-state index contributed by atoms with van der Waals surface area (Å²) in [4.78, 5) is 19.6. The highest BCUT2D eigenvalue weighted by Crippen LogP contribution is 2.31. The number of carbonyl (C=O) groups excluding carboxylic acids is 1. The Morgan fingerprint density at radius 3 is 2.73 bits per heavy atom. The first-order chi connectivity index (χ1) is 12.3. The summed E-state index contributed by atoms with van der Waals surface area (Å²) in [7, 11) is 0. The first-order valence-electron chi connectivity index (χ1n) is 7.91. The molecule has 0 radical (unpaired) electrons. The van der Waals surface area contributed by atoms with Gasteiger partial charge < -0.3 is 14.8 Å². The van der Waals surface area contributed by atoms with Crippen molar-refractivity contribution in [2.24, 2.45) is 0 Å². The van der Waals surface area contributed by atoms with Gasteiger partial charge in [-0.15, -0.1) is 0 Å². The van der Waals surface area contributed by atoms with Crippen molar-refractivity contribution in [1.82, 2.24) is 15.3 Å². The smallest absolute Gasteiger partial charge is 0.433 e. The van der Waals surface area contributed by atoms with Crippen molar-refractivity contribution < 1.29 is 27.4 Å². The van der Waals surface area contributed by atoms with Crippen molar-refractivity contribution in [1.29, 1.82) is 0 Å². The quantitative estimate of drug-likeness (QED) is 0.898. The Kier molecular flexibility index (Phi) is 4.97. The Labute approximate surface area is 147 Å². The summed E-state index contributed by atoms with van der Waals surface area (Å²) in [6.45, 7) is 1.60. The SMILES string of the molecule is Cc1cc(C(F)(F)F)nc(CCNC(=O)C2COc3ccccc3O2)n1. The number of amides is 1. The summed E-state index contributed by atoms with van der Waals surface area (Å²) in [5.41, 5.74) is -0.777. The molecule has 1 unspecified atom stereocenters. The predicted octanol–water partition coefficient (Wildman–Crippen LogP) is 2.30. The molecule has 0 saturated carbocycles. The molecule has 1 aromatic carbocycles. The van der Waals surface area contributed by atoms with Crippen molar-refractivity contribution in [3.05, 3.63) is 47.5 Å². The molecule has 0 aliphatic carbocycles. The summed E-state index contributed by atoms with van der Waals surface area (Å²) in [6.07, 6.45) is -5.29. The van der Waals surface area contributed by atoms with Gasteiger partial charge in [-0.1, -0.05) is 12.1 Å². The molecule has 6 nitrogen and oxygen atoms in total. The Balaban J connectivity index is 1.56. The summed E-state index contributed by atoms with van der Waals surface area (Å²) < 4.78 is 49.3. The Bertz CT molecular complexity index is 811. The molecule has 2 aromatic rings. The monoisotopic (exact) mass is 367 g/mol. The second kappa shape index (κ2) is 7.19. The van der Waals surface area contributed by atoms with Crippen LogP contribution in [0.5, 0.6) is 11.5 Å². The topological polar surface area (TPSA) is 73.3 Å². The first kappa shape index (κ1) is 18.0. The highest BCUT2D eigenvalue weighted by molar-refractivity contribution is 5.81. The van der Waals surface area contributed by atoms with Crippen LogP contribution in [-0.4, -0.2) is 35.1 Å². The lowest BCUT2D eigenvalue weighted by Crippen LogP contribution is -2.44. The van der Waals surface area contributed by atoms with Crippen LogP contribution in [0.2, 0.25) is 0 Å². The minimum absolute atomic E-state index is 0.0174. The Morgan fingerprint density at radius 1 is 1.27 bits per heavy atom.